The summed E-state index contributed by atoms with van der Waals surface area (Å²) in [5, 5.41) is 0.869. The Morgan fingerprint density at radius 3 is 2.31 bits per heavy atom. The molecule has 0 atom stereocenters. The highest BCUT2D eigenvalue weighted by Crippen LogP contribution is 2.27. The molecule has 0 aromatic heterocycles. The van der Waals surface area contributed by atoms with E-state index >= 15 is 0 Å². The number of halogens is 2. The molecule has 2 aromatic carbocycles. The number of amides is 2. The van der Waals surface area contributed by atoms with Crippen LogP contribution < -0.4 is 15.0 Å². The van der Waals surface area contributed by atoms with Crippen molar-refractivity contribution in [1.29, 1.82) is 0 Å². The van der Waals surface area contributed by atoms with Crippen molar-refractivity contribution < 1.29 is 23.9 Å². The maximum atomic E-state index is 12.2. The summed E-state index contributed by atoms with van der Waals surface area (Å²) in [5.41, 5.74) is 3.81. The molecule has 0 spiro atoms. The summed E-state index contributed by atoms with van der Waals surface area (Å²) in [6.45, 7) is 0.0359. The molecule has 0 radical (unpaired) electrons. The summed E-state index contributed by atoms with van der Waals surface area (Å²) in [4.78, 5) is 30.7. The number of nitrogens with zero attached hydrogens (tertiary/aromatic N) is 1. The fraction of sp³-hybridized carbons (Fsp3) is 0.300. The van der Waals surface area contributed by atoms with Crippen LogP contribution >= 0.6 is 23.2 Å². The first-order valence-corrected chi connectivity index (χ1v) is 9.39. The summed E-state index contributed by atoms with van der Waals surface area (Å²) in [7, 11) is 4.68. The van der Waals surface area contributed by atoms with Crippen molar-refractivity contribution in [2.24, 2.45) is 0 Å². The Labute approximate surface area is 179 Å². The van der Waals surface area contributed by atoms with E-state index in [2.05, 4.69) is 5.48 Å². The van der Waals surface area contributed by atoms with E-state index < -0.39 is 5.91 Å². The summed E-state index contributed by atoms with van der Waals surface area (Å²) in [6, 6.07) is 10.3. The van der Waals surface area contributed by atoms with Gasteiger partial charge in [0.2, 0.25) is 5.91 Å². The van der Waals surface area contributed by atoms with Crippen LogP contribution in [0.5, 0.6) is 11.5 Å². The van der Waals surface area contributed by atoms with Crippen LogP contribution in [0.3, 0.4) is 0 Å². The van der Waals surface area contributed by atoms with Crippen molar-refractivity contribution in [3.63, 3.8) is 0 Å². The lowest BCUT2D eigenvalue weighted by molar-refractivity contribution is -0.144. The number of methoxy groups -OCH3 is 2. The molecule has 156 valence electrons. The van der Waals surface area contributed by atoms with Crippen LogP contribution in [-0.2, 0) is 27.4 Å². The Balaban J connectivity index is 1.78. The molecular formula is C20H22Cl2N2O5. The number of hydroxylamine groups is 1. The smallest absolute Gasteiger partial charge is 0.251 e. The zero-order valence-electron chi connectivity index (χ0n) is 16.3. The first kappa shape index (κ1) is 22.8. The maximum absolute atomic E-state index is 12.2. The third-order valence-corrected chi connectivity index (χ3v) is 4.76. The van der Waals surface area contributed by atoms with Gasteiger partial charge in [0, 0.05) is 13.6 Å². The lowest BCUT2D eigenvalue weighted by atomic mass is 10.1. The third-order valence-electron chi connectivity index (χ3n) is 4.02. The van der Waals surface area contributed by atoms with Crippen molar-refractivity contribution in [1.82, 2.24) is 10.4 Å². The van der Waals surface area contributed by atoms with Gasteiger partial charge in [-0.1, -0.05) is 35.3 Å². The van der Waals surface area contributed by atoms with Gasteiger partial charge in [0.1, 0.15) is 0 Å². The quantitative estimate of drug-likeness (QED) is 0.605. The molecule has 2 aromatic rings. The van der Waals surface area contributed by atoms with Crippen LogP contribution in [0, 0.1) is 0 Å². The molecule has 0 bridgehead atoms. The molecule has 0 saturated heterocycles. The number of carbonyl (C=O) groups excluding carboxylic acids is 2. The van der Waals surface area contributed by atoms with Crippen LogP contribution in [0.1, 0.15) is 11.1 Å². The standard InChI is InChI=1S/C20H22Cl2N2O5/c1-24(11-14-4-6-15(21)16(22)8-14)20(26)12-29-23-19(25)10-13-5-7-17(27-2)18(9-13)28-3/h4-9H,10-12H2,1-3H3,(H,23,25). The lowest BCUT2D eigenvalue weighted by Crippen LogP contribution is -2.34. The zero-order valence-corrected chi connectivity index (χ0v) is 17.8. The highest BCUT2D eigenvalue weighted by Gasteiger charge is 2.13. The van der Waals surface area contributed by atoms with Crippen LogP contribution in [0.2, 0.25) is 10.0 Å². The summed E-state index contributed by atoms with van der Waals surface area (Å²) >= 11 is 11.9. The summed E-state index contributed by atoms with van der Waals surface area (Å²) < 4.78 is 10.4. The average Bonchev–Trinajstić information content (AvgIpc) is 2.70. The number of carbonyl (C=O) groups is 2. The first-order valence-electron chi connectivity index (χ1n) is 8.63. The Morgan fingerprint density at radius 2 is 1.66 bits per heavy atom. The molecule has 0 heterocycles. The topological polar surface area (TPSA) is 77.1 Å². The van der Waals surface area contributed by atoms with Crippen LogP contribution in [0.4, 0.5) is 0 Å². The Hall–Kier alpha value is -2.48. The van der Waals surface area contributed by atoms with E-state index in [-0.39, 0.29) is 18.9 Å². The molecule has 2 rings (SSSR count). The van der Waals surface area contributed by atoms with E-state index in [4.69, 9.17) is 37.5 Å². The fourth-order valence-corrected chi connectivity index (χ4v) is 2.82. The van der Waals surface area contributed by atoms with E-state index in [1.54, 1.807) is 43.4 Å². The molecule has 0 aliphatic rings. The summed E-state index contributed by atoms with van der Waals surface area (Å²) in [5.74, 6) is 0.404. The predicted octanol–water partition coefficient (Wildman–Crippen LogP) is 3.26. The lowest BCUT2D eigenvalue weighted by Gasteiger charge is -2.17. The van der Waals surface area contributed by atoms with Crippen molar-refractivity contribution in [3.05, 3.63) is 57.6 Å². The van der Waals surface area contributed by atoms with Gasteiger partial charge in [-0.2, -0.15) is 0 Å². The van der Waals surface area contributed by atoms with Gasteiger partial charge in [0.15, 0.2) is 18.1 Å². The number of hydrogen-bond acceptors (Lipinski definition) is 5. The van der Waals surface area contributed by atoms with E-state index in [1.165, 1.54) is 19.1 Å². The zero-order chi connectivity index (χ0) is 21.4. The van der Waals surface area contributed by atoms with Gasteiger partial charge in [-0.05, 0) is 35.4 Å². The maximum Gasteiger partial charge on any atom is 0.251 e. The molecule has 1 N–H and O–H groups in total. The number of hydrogen-bond donors (Lipinski definition) is 1. The largest absolute Gasteiger partial charge is 0.493 e. The molecule has 0 aliphatic heterocycles. The van der Waals surface area contributed by atoms with Gasteiger partial charge in [-0.25, -0.2) is 5.48 Å². The van der Waals surface area contributed by atoms with Gasteiger partial charge in [-0.15, -0.1) is 0 Å². The predicted molar refractivity (Wildman–Crippen MR) is 110 cm³/mol. The van der Waals surface area contributed by atoms with E-state index in [0.717, 1.165) is 5.56 Å². The molecule has 0 fully saturated rings. The number of nitrogens with one attached hydrogen (secondary N) is 1. The monoisotopic (exact) mass is 440 g/mol. The SMILES string of the molecule is COc1ccc(CC(=O)NOCC(=O)N(C)Cc2ccc(Cl)c(Cl)c2)cc1OC. The van der Waals surface area contributed by atoms with Crippen molar-refractivity contribution in [2.45, 2.75) is 13.0 Å². The van der Waals surface area contributed by atoms with Gasteiger partial charge in [-0.3, -0.25) is 14.4 Å². The fourth-order valence-electron chi connectivity index (χ4n) is 2.50. The minimum absolute atomic E-state index is 0.0632. The third kappa shape index (κ3) is 6.81. The van der Waals surface area contributed by atoms with E-state index in [0.29, 0.717) is 33.7 Å². The first-order chi connectivity index (χ1) is 13.8. The molecular weight excluding hydrogens is 419 g/mol. The molecule has 9 heteroatoms. The Morgan fingerprint density at radius 1 is 0.966 bits per heavy atom. The second kappa shape index (κ2) is 10.9. The van der Waals surface area contributed by atoms with Crippen molar-refractivity contribution >= 4 is 35.0 Å². The van der Waals surface area contributed by atoms with Gasteiger partial charge in [0.25, 0.3) is 5.91 Å². The molecule has 7 nitrogen and oxygen atoms in total. The van der Waals surface area contributed by atoms with Crippen LogP contribution in [0.25, 0.3) is 0 Å². The van der Waals surface area contributed by atoms with Crippen molar-refractivity contribution in [3.8, 4) is 11.5 Å². The molecule has 0 aliphatic carbocycles. The van der Waals surface area contributed by atoms with Gasteiger partial charge < -0.3 is 14.4 Å². The normalized spacial score (nSPS) is 10.4. The highest BCUT2D eigenvalue weighted by atomic mass is 35.5. The van der Waals surface area contributed by atoms with Crippen molar-refractivity contribution in [2.75, 3.05) is 27.9 Å². The molecule has 29 heavy (non-hydrogen) atoms. The Kier molecular flexibility index (Phi) is 8.57. The molecule has 2 amide bonds. The number of rotatable bonds is 9. The summed E-state index contributed by atoms with van der Waals surface area (Å²) in [6.07, 6.45) is 0.0632. The minimum Gasteiger partial charge on any atom is -0.493 e. The van der Waals surface area contributed by atoms with Gasteiger partial charge in [0.05, 0.1) is 30.7 Å². The molecule has 0 saturated carbocycles. The number of ether oxygens (including phenoxy) is 2. The highest BCUT2D eigenvalue weighted by molar-refractivity contribution is 6.42. The Bertz CT molecular complexity index is 876. The second-order valence-electron chi connectivity index (χ2n) is 6.18. The number of benzene rings is 2. The average molecular weight is 441 g/mol. The van der Waals surface area contributed by atoms with Crippen LogP contribution in [-0.4, -0.2) is 44.6 Å². The molecule has 0 unspecified atom stereocenters. The van der Waals surface area contributed by atoms with E-state index in [9.17, 15) is 9.59 Å². The minimum atomic E-state index is -0.392. The van der Waals surface area contributed by atoms with Crippen LogP contribution in [0.15, 0.2) is 36.4 Å². The number of likely N-dealkylation sites (N-methyl/N-ethyl adjacent to an activating group) is 1. The second-order valence-corrected chi connectivity index (χ2v) is 6.99. The van der Waals surface area contributed by atoms with Gasteiger partial charge >= 0.3 is 0 Å². The van der Waals surface area contributed by atoms with E-state index in [1.807, 2.05) is 0 Å².